The number of hydrogen-bond donors (Lipinski definition) is 3. The minimum atomic E-state index is -0.966. The van der Waals surface area contributed by atoms with Crippen LogP contribution in [0.15, 0.2) is 71.7 Å². The van der Waals surface area contributed by atoms with Crippen molar-refractivity contribution < 1.29 is 9.90 Å². The number of nitrogens with one attached hydrogen (secondary N) is 1. The van der Waals surface area contributed by atoms with Gasteiger partial charge in [0, 0.05) is 18.3 Å². The van der Waals surface area contributed by atoms with Crippen LogP contribution in [0.2, 0.25) is 0 Å². The first kappa shape index (κ1) is 19.1. The van der Waals surface area contributed by atoms with Gasteiger partial charge in [0.05, 0.1) is 17.6 Å². The van der Waals surface area contributed by atoms with Gasteiger partial charge in [-0.3, -0.25) is 14.8 Å². The lowest BCUT2D eigenvalue weighted by atomic mass is 10.0. The zero-order valence-electron chi connectivity index (χ0n) is 15.9. The number of fused-ring (bicyclic) bond motifs is 1. The largest absolute Gasteiger partial charge is 0.481 e. The summed E-state index contributed by atoms with van der Waals surface area (Å²) in [5.41, 5.74) is 9.44. The van der Waals surface area contributed by atoms with Gasteiger partial charge >= 0.3 is 11.7 Å². The zero-order valence-corrected chi connectivity index (χ0v) is 15.9. The van der Waals surface area contributed by atoms with E-state index in [0.717, 1.165) is 11.1 Å². The Morgan fingerprint density at radius 2 is 1.67 bits per heavy atom. The molecule has 0 amide bonds. The van der Waals surface area contributed by atoms with Crippen molar-refractivity contribution in [2.45, 2.75) is 13.0 Å². The van der Waals surface area contributed by atoms with E-state index in [-0.39, 0.29) is 24.5 Å². The molecular weight excluding hydrogens is 382 g/mol. The smallest absolute Gasteiger partial charge is 0.334 e. The number of aromatic nitrogens is 3. The SMILES string of the molecule is N=C(N)c1ccc(-c2ccc(-n3c(=O)n(CCC(=O)O)c4cccnc43)cc2)cc1. The van der Waals surface area contributed by atoms with Gasteiger partial charge < -0.3 is 10.8 Å². The fourth-order valence-corrected chi connectivity index (χ4v) is 3.39. The van der Waals surface area contributed by atoms with Gasteiger partial charge in [0.1, 0.15) is 5.84 Å². The monoisotopic (exact) mass is 401 g/mol. The third-order valence-electron chi connectivity index (χ3n) is 4.89. The van der Waals surface area contributed by atoms with Crippen molar-refractivity contribution in [3.05, 3.63) is 82.9 Å². The standard InChI is InChI=1S/C22H19N5O3/c23-20(24)16-5-3-14(4-6-16)15-7-9-17(10-8-15)27-21-18(2-1-12-25-21)26(22(27)30)13-11-19(28)29/h1-10,12H,11,13H2,(H3,23,24)(H,28,29). The molecule has 0 bridgehead atoms. The average molecular weight is 401 g/mol. The van der Waals surface area contributed by atoms with Crippen molar-refractivity contribution in [2.24, 2.45) is 5.73 Å². The fraction of sp³-hybridized carbons (Fsp3) is 0.0909. The summed E-state index contributed by atoms with van der Waals surface area (Å²) in [6, 6.07) is 18.3. The quantitative estimate of drug-likeness (QED) is 0.338. The number of rotatable bonds is 6. The Bertz CT molecular complexity index is 1300. The highest BCUT2D eigenvalue weighted by molar-refractivity contribution is 5.95. The van der Waals surface area contributed by atoms with Crippen molar-refractivity contribution in [2.75, 3.05) is 0 Å². The molecule has 4 N–H and O–H groups in total. The number of aryl methyl sites for hydroxylation is 1. The predicted octanol–water partition coefficient (Wildman–Crippen LogP) is 2.61. The van der Waals surface area contributed by atoms with E-state index in [2.05, 4.69) is 4.98 Å². The molecule has 4 aromatic rings. The highest BCUT2D eigenvalue weighted by atomic mass is 16.4. The third kappa shape index (κ3) is 3.46. The summed E-state index contributed by atoms with van der Waals surface area (Å²) in [5.74, 6) is -0.949. The molecule has 0 aliphatic rings. The van der Waals surface area contributed by atoms with Crippen molar-refractivity contribution in [1.82, 2.24) is 14.1 Å². The van der Waals surface area contributed by atoms with Gasteiger partial charge in [-0.25, -0.2) is 14.3 Å². The number of benzene rings is 2. The van der Waals surface area contributed by atoms with Crippen LogP contribution in [0.1, 0.15) is 12.0 Å². The van der Waals surface area contributed by atoms with Crippen LogP contribution in [-0.2, 0) is 11.3 Å². The molecular formula is C22H19N5O3. The number of pyridine rings is 1. The van der Waals surface area contributed by atoms with E-state index < -0.39 is 5.97 Å². The third-order valence-corrected chi connectivity index (χ3v) is 4.89. The van der Waals surface area contributed by atoms with E-state index in [4.69, 9.17) is 16.2 Å². The van der Waals surface area contributed by atoms with E-state index in [1.807, 2.05) is 36.4 Å². The number of nitrogen functional groups attached to an aromatic ring is 1. The zero-order chi connectivity index (χ0) is 21.3. The lowest BCUT2D eigenvalue weighted by Crippen LogP contribution is -2.24. The lowest BCUT2D eigenvalue weighted by molar-refractivity contribution is -0.137. The summed E-state index contributed by atoms with van der Waals surface area (Å²) in [6.45, 7) is 0.0734. The number of nitrogens with zero attached hydrogens (tertiary/aromatic N) is 3. The highest BCUT2D eigenvalue weighted by Crippen LogP contribution is 2.23. The number of nitrogens with two attached hydrogens (primary N) is 1. The molecule has 150 valence electrons. The Morgan fingerprint density at radius 1 is 1.03 bits per heavy atom. The number of carboxylic acid groups (broad SMARTS) is 1. The first-order valence-corrected chi connectivity index (χ1v) is 9.29. The van der Waals surface area contributed by atoms with Gasteiger partial charge in [-0.05, 0) is 35.4 Å². The van der Waals surface area contributed by atoms with Crippen molar-refractivity contribution in [1.29, 1.82) is 5.41 Å². The summed E-state index contributed by atoms with van der Waals surface area (Å²) < 4.78 is 2.92. The number of imidazole rings is 1. The van der Waals surface area contributed by atoms with Crippen LogP contribution in [-0.4, -0.2) is 31.0 Å². The second-order valence-corrected chi connectivity index (χ2v) is 6.80. The first-order valence-electron chi connectivity index (χ1n) is 9.29. The molecule has 8 nitrogen and oxygen atoms in total. The molecule has 0 saturated carbocycles. The predicted molar refractivity (Wildman–Crippen MR) is 114 cm³/mol. The summed E-state index contributed by atoms with van der Waals surface area (Å²) >= 11 is 0. The maximum absolute atomic E-state index is 13.0. The molecule has 0 radical (unpaired) electrons. The van der Waals surface area contributed by atoms with Gasteiger partial charge in [0.25, 0.3) is 0 Å². The second-order valence-electron chi connectivity index (χ2n) is 6.80. The van der Waals surface area contributed by atoms with E-state index in [9.17, 15) is 9.59 Å². The van der Waals surface area contributed by atoms with Crippen LogP contribution < -0.4 is 11.4 Å². The van der Waals surface area contributed by atoms with E-state index in [1.165, 1.54) is 9.13 Å². The maximum atomic E-state index is 13.0. The molecule has 0 unspecified atom stereocenters. The molecule has 30 heavy (non-hydrogen) atoms. The van der Waals surface area contributed by atoms with Crippen LogP contribution in [0.4, 0.5) is 0 Å². The summed E-state index contributed by atoms with van der Waals surface area (Å²) in [6.07, 6.45) is 1.45. The van der Waals surface area contributed by atoms with Crippen LogP contribution in [0, 0.1) is 5.41 Å². The maximum Gasteiger partial charge on any atom is 0.334 e. The van der Waals surface area contributed by atoms with E-state index >= 15 is 0 Å². The Kier molecular flexibility index (Phi) is 4.89. The lowest BCUT2D eigenvalue weighted by Gasteiger charge is -2.06. The minimum absolute atomic E-state index is 0.0167. The molecule has 0 saturated heterocycles. The molecule has 2 heterocycles. The van der Waals surface area contributed by atoms with Crippen molar-refractivity contribution in [3.8, 4) is 16.8 Å². The molecule has 0 fully saturated rings. The summed E-state index contributed by atoms with van der Waals surface area (Å²) in [4.78, 5) is 28.3. The van der Waals surface area contributed by atoms with Crippen LogP contribution in [0.3, 0.4) is 0 Å². The van der Waals surface area contributed by atoms with Gasteiger partial charge in [-0.1, -0.05) is 36.4 Å². The summed E-state index contributed by atoms with van der Waals surface area (Å²) in [5, 5.41) is 16.5. The van der Waals surface area contributed by atoms with Crippen LogP contribution >= 0.6 is 0 Å². The topological polar surface area (TPSA) is 127 Å². The fourth-order valence-electron chi connectivity index (χ4n) is 3.39. The summed E-state index contributed by atoms with van der Waals surface area (Å²) in [7, 11) is 0. The molecule has 4 rings (SSSR count). The Morgan fingerprint density at radius 3 is 2.27 bits per heavy atom. The van der Waals surface area contributed by atoms with Crippen LogP contribution in [0.25, 0.3) is 28.0 Å². The van der Waals surface area contributed by atoms with Gasteiger partial charge in [-0.2, -0.15) is 0 Å². The van der Waals surface area contributed by atoms with Crippen LogP contribution in [0.5, 0.6) is 0 Å². The molecule has 2 aromatic heterocycles. The number of hydrogen-bond acceptors (Lipinski definition) is 4. The van der Waals surface area contributed by atoms with E-state index in [1.54, 1.807) is 30.5 Å². The molecule has 0 aliphatic heterocycles. The highest BCUT2D eigenvalue weighted by Gasteiger charge is 2.16. The molecule has 0 aliphatic carbocycles. The Balaban J connectivity index is 1.74. The number of aliphatic carboxylic acids is 1. The van der Waals surface area contributed by atoms with Crippen molar-refractivity contribution >= 4 is 23.0 Å². The minimum Gasteiger partial charge on any atom is -0.481 e. The van der Waals surface area contributed by atoms with E-state index in [0.29, 0.717) is 22.4 Å². The molecule has 0 spiro atoms. The van der Waals surface area contributed by atoms with Crippen molar-refractivity contribution in [3.63, 3.8) is 0 Å². The Hall–Kier alpha value is -4.20. The first-order chi connectivity index (χ1) is 14.5. The average Bonchev–Trinajstić information content (AvgIpc) is 3.03. The van der Waals surface area contributed by atoms with Gasteiger partial charge in [0.15, 0.2) is 5.65 Å². The van der Waals surface area contributed by atoms with Gasteiger partial charge in [-0.15, -0.1) is 0 Å². The second kappa shape index (κ2) is 7.67. The normalized spacial score (nSPS) is 10.9. The number of carbonyl (C=O) groups is 1. The molecule has 8 heteroatoms. The number of carboxylic acids is 1. The van der Waals surface area contributed by atoms with Gasteiger partial charge in [0.2, 0.25) is 0 Å². The Labute approximate surface area is 171 Å². The molecule has 0 atom stereocenters. The number of amidine groups is 1. The molecule has 2 aromatic carbocycles.